The van der Waals surface area contributed by atoms with Crippen LogP contribution in [0.3, 0.4) is 0 Å². The van der Waals surface area contributed by atoms with Gasteiger partial charge in [-0.2, -0.15) is 0 Å². The number of nitrogens with one attached hydrogen (secondary N) is 1. The van der Waals surface area contributed by atoms with E-state index in [2.05, 4.69) is 11.9 Å². The van der Waals surface area contributed by atoms with Crippen LogP contribution in [0.4, 0.5) is 4.79 Å². The zero-order valence-corrected chi connectivity index (χ0v) is 11.3. The van der Waals surface area contributed by atoms with Crippen LogP contribution < -0.4 is 5.32 Å². The molecule has 1 atom stereocenters. The highest BCUT2D eigenvalue weighted by molar-refractivity contribution is 5.68. The first-order valence-electron chi connectivity index (χ1n) is 6.10. The number of carbonyl (C=O) groups is 1. The predicted octanol–water partition coefficient (Wildman–Crippen LogP) is 3.51. The van der Waals surface area contributed by atoms with Crippen LogP contribution in [0.25, 0.3) is 0 Å². The van der Waals surface area contributed by atoms with Crippen LogP contribution in [0.2, 0.25) is 0 Å². The van der Waals surface area contributed by atoms with Crippen LogP contribution in [0.15, 0.2) is 43.0 Å². The Bertz CT molecular complexity index is 400. The molecule has 0 spiro atoms. The molecule has 0 fully saturated rings. The summed E-state index contributed by atoms with van der Waals surface area (Å²) in [5.74, 6) is 0.249. The fourth-order valence-electron chi connectivity index (χ4n) is 1.41. The summed E-state index contributed by atoms with van der Waals surface area (Å²) in [5, 5.41) is 2.83. The van der Waals surface area contributed by atoms with Crippen molar-refractivity contribution in [1.82, 2.24) is 5.32 Å². The third kappa shape index (κ3) is 3.91. The lowest BCUT2D eigenvalue weighted by Gasteiger charge is -2.30. The van der Waals surface area contributed by atoms with Gasteiger partial charge in [-0.15, -0.1) is 6.58 Å². The summed E-state index contributed by atoms with van der Waals surface area (Å²) in [7, 11) is 0. The molecule has 0 saturated heterocycles. The maximum Gasteiger partial charge on any atom is 0.408 e. The largest absolute Gasteiger partial charge is 0.445 e. The van der Waals surface area contributed by atoms with Crippen molar-refractivity contribution in [2.75, 3.05) is 0 Å². The second kappa shape index (κ2) is 6.24. The molecule has 1 amide bonds. The summed E-state index contributed by atoms with van der Waals surface area (Å²) >= 11 is 0. The molecule has 1 N–H and O–H groups in total. The highest BCUT2D eigenvalue weighted by Gasteiger charge is 2.27. The van der Waals surface area contributed by atoms with Crippen LogP contribution in [0, 0.1) is 5.92 Å². The van der Waals surface area contributed by atoms with Gasteiger partial charge in [-0.3, -0.25) is 0 Å². The Morgan fingerprint density at radius 1 is 1.44 bits per heavy atom. The molecule has 0 aliphatic carbocycles. The second-order valence-electron chi connectivity index (χ2n) is 4.83. The van der Waals surface area contributed by atoms with Gasteiger partial charge in [0.05, 0.1) is 5.54 Å². The molecule has 0 radical (unpaired) electrons. The fraction of sp³-hybridized carbons (Fsp3) is 0.400. The van der Waals surface area contributed by atoms with Crippen molar-refractivity contribution < 1.29 is 9.53 Å². The summed E-state index contributed by atoms with van der Waals surface area (Å²) in [6, 6.07) is 9.60. The van der Waals surface area contributed by atoms with Crippen LogP contribution in [-0.4, -0.2) is 11.6 Å². The van der Waals surface area contributed by atoms with Crippen molar-refractivity contribution in [3.63, 3.8) is 0 Å². The maximum atomic E-state index is 11.7. The number of rotatable bonds is 5. The highest BCUT2D eigenvalue weighted by atomic mass is 16.5. The van der Waals surface area contributed by atoms with Crippen LogP contribution in [-0.2, 0) is 11.3 Å². The standard InChI is InChI=1S/C15H21NO2/c1-5-15(4,12(2)3)16-14(17)18-11-13-9-7-6-8-10-13/h5-10,12H,1,11H2,2-4H3,(H,16,17)/t15-/m1/s1. The SMILES string of the molecule is C=C[C@@](C)(NC(=O)OCc1ccccc1)C(C)C. The van der Waals surface area contributed by atoms with Crippen LogP contribution in [0.5, 0.6) is 0 Å². The Kier molecular flexibility index (Phi) is 4.95. The predicted molar refractivity (Wildman–Crippen MR) is 73.2 cm³/mol. The van der Waals surface area contributed by atoms with E-state index >= 15 is 0 Å². The Morgan fingerprint density at radius 3 is 2.56 bits per heavy atom. The summed E-state index contributed by atoms with van der Waals surface area (Å²) in [4.78, 5) is 11.7. The Hall–Kier alpha value is -1.77. The summed E-state index contributed by atoms with van der Waals surface area (Å²) in [6.45, 7) is 10.0. The van der Waals surface area contributed by atoms with E-state index in [9.17, 15) is 4.79 Å². The fourth-order valence-corrected chi connectivity index (χ4v) is 1.41. The first-order valence-corrected chi connectivity index (χ1v) is 6.10. The van der Waals surface area contributed by atoms with E-state index < -0.39 is 11.6 Å². The molecule has 0 aromatic heterocycles. The number of ether oxygens (including phenoxy) is 1. The average molecular weight is 247 g/mol. The molecule has 0 unspecified atom stereocenters. The van der Waals surface area contributed by atoms with Gasteiger partial charge >= 0.3 is 6.09 Å². The molecule has 0 heterocycles. The van der Waals surface area contributed by atoms with Crippen LogP contribution in [0.1, 0.15) is 26.3 Å². The third-order valence-electron chi connectivity index (χ3n) is 3.21. The number of benzene rings is 1. The van der Waals surface area contributed by atoms with Crippen molar-refractivity contribution in [3.8, 4) is 0 Å². The lowest BCUT2D eigenvalue weighted by Crippen LogP contribution is -2.48. The monoisotopic (exact) mass is 247 g/mol. The van der Waals surface area contributed by atoms with E-state index in [0.29, 0.717) is 0 Å². The Balaban J connectivity index is 2.49. The van der Waals surface area contributed by atoms with Gasteiger partial charge in [0.1, 0.15) is 6.61 Å². The molecule has 98 valence electrons. The minimum atomic E-state index is -0.451. The smallest absolute Gasteiger partial charge is 0.408 e. The molecule has 0 aliphatic heterocycles. The lowest BCUT2D eigenvalue weighted by molar-refractivity contribution is 0.127. The topological polar surface area (TPSA) is 38.3 Å². The van der Waals surface area contributed by atoms with Crippen molar-refractivity contribution >= 4 is 6.09 Å². The van der Waals surface area contributed by atoms with Gasteiger partial charge in [0.2, 0.25) is 0 Å². The van der Waals surface area contributed by atoms with E-state index in [-0.39, 0.29) is 12.5 Å². The molecular formula is C15H21NO2. The minimum Gasteiger partial charge on any atom is -0.445 e. The molecule has 0 aliphatic rings. The molecule has 3 heteroatoms. The average Bonchev–Trinajstić information content (AvgIpc) is 2.37. The number of hydrogen-bond acceptors (Lipinski definition) is 2. The summed E-state index contributed by atoms with van der Waals surface area (Å²) in [6.07, 6.45) is 1.32. The van der Waals surface area contributed by atoms with Gasteiger partial charge in [-0.25, -0.2) is 4.79 Å². The van der Waals surface area contributed by atoms with Gasteiger partial charge in [0.25, 0.3) is 0 Å². The van der Waals surface area contributed by atoms with Gasteiger partial charge in [-0.05, 0) is 18.4 Å². The molecule has 18 heavy (non-hydrogen) atoms. The van der Waals surface area contributed by atoms with Gasteiger partial charge in [-0.1, -0.05) is 50.3 Å². The van der Waals surface area contributed by atoms with Gasteiger partial charge in [0.15, 0.2) is 0 Å². The first kappa shape index (κ1) is 14.3. The zero-order chi connectivity index (χ0) is 13.6. The third-order valence-corrected chi connectivity index (χ3v) is 3.21. The number of alkyl carbamates (subject to hydrolysis) is 1. The molecule has 0 bridgehead atoms. The number of hydrogen-bond donors (Lipinski definition) is 1. The summed E-state index contributed by atoms with van der Waals surface area (Å²) in [5.41, 5.74) is 0.519. The molecular weight excluding hydrogens is 226 g/mol. The van der Waals surface area contributed by atoms with Gasteiger partial charge in [0, 0.05) is 0 Å². The zero-order valence-electron chi connectivity index (χ0n) is 11.3. The normalized spacial score (nSPS) is 13.8. The lowest BCUT2D eigenvalue weighted by atomic mass is 9.89. The Labute approximate surface area is 109 Å². The van der Waals surface area contributed by atoms with Crippen molar-refractivity contribution in [1.29, 1.82) is 0 Å². The van der Waals surface area contributed by atoms with Gasteiger partial charge < -0.3 is 10.1 Å². The van der Waals surface area contributed by atoms with E-state index in [1.54, 1.807) is 6.08 Å². The summed E-state index contributed by atoms with van der Waals surface area (Å²) < 4.78 is 5.18. The molecule has 3 nitrogen and oxygen atoms in total. The molecule has 1 aromatic rings. The number of amides is 1. The molecule has 0 saturated carbocycles. The maximum absolute atomic E-state index is 11.7. The van der Waals surface area contributed by atoms with E-state index in [1.807, 2.05) is 51.1 Å². The molecule has 1 rings (SSSR count). The first-order chi connectivity index (χ1) is 8.48. The van der Waals surface area contributed by atoms with Crippen molar-refractivity contribution in [2.24, 2.45) is 5.92 Å². The van der Waals surface area contributed by atoms with E-state index in [4.69, 9.17) is 4.74 Å². The minimum absolute atomic E-state index is 0.249. The van der Waals surface area contributed by atoms with E-state index in [1.165, 1.54) is 0 Å². The van der Waals surface area contributed by atoms with E-state index in [0.717, 1.165) is 5.56 Å². The Morgan fingerprint density at radius 2 is 2.06 bits per heavy atom. The van der Waals surface area contributed by atoms with Crippen molar-refractivity contribution in [3.05, 3.63) is 48.6 Å². The highest BCUT2D eigenvalue weighted by Crippen LogP contribution is 2.17. The second-order valence-corrected chi connectivity index (χ2v) is 4.83. The molecule has 1 aromatic carbocycles. The quantitative estimate of drug-likeness (QED) is 0.808. The van der Waals surface area contributed by atoms with Crippen molar-refractivity contribution in [2.45, 2.75) is 32.9 Å². The number of carbonyl (C=O) groups excluding carboxylic acids is 1. The van der Waals surface area contributed by atoms with Crippen LogP contribution >= 0.6 is 0 Å².